The average Bonchev–Trinajstić information content (AvgIpc) is 2.43. The summed E-state index contributed by atoms with van der Waals surface area (Å²) < 4.78 is 0.762. The Hall–Kier alpha value is -1.10. The van der Waals surface area contributed by atoms with Crippen LogP contribution in [0.25, 0.3) is 0 Å². The molecule has 1 aliphatic carbocycles. The van der Waals surface area contributed by atoms with Crippen LogP contribution in [-0.4, -0.2) is 11.0 Å². The molecular formula is C15H21BrN2O2. The first-order valence-corrected chi connectivity index (χ1v) is 7.99. The SMILES string of the molecule is Cc1cc(NC(C)C2CCCCC2)c(Br)cc1[N+](=O)[O-]. The summed E-state index contributed by atoms with van der Waals surface area (Å²) in [7, 11) is 0. The number of rotatable bonds is 4. The minimum absolute atomic E-state index is 0.160. The molecule has 1 unspecified atom stereocenters. The number of halogens is 1. The van der Waals surface area contributed by atoms with Crippen molar-refractivity contribution in [3.63, 3.8) is 0 Å². The fourth-order valence-electron chi connectivity index (χ4n) is 2.98. The first-order valence-electron chi connectivity index (χ1n) is 7.20. The third-order valence-corrected chi connectivity index (χ3v) is 4.88. The zero-order valence-corrected chi connectivity index (χ0v) is 13.6. The molecule has 0 spiro atoms. The summed E-state index contributed by atoms with van der Waals surface area (Å²) in [5, 5.41) is 14.4. The van der Waals surface area contributed by atoms with Gasteiger partial charge in [0.1, 0.15) is 0 Å². The molecule has 1 aromatic rings. The van der Waals surface area contributed by atoms with E-state index in [4.69, 9.17) is 0 Å². The second-order valence-electron chi connectivity index (χ2n) is 5.71. The highest BCUT2D eigenvalue weighted by Crippen LogP contribution is 2.33. The van der Waals surface area contributed by atoms with Gasteiger partial charge in [-0.1, -0.05) is 19.3 Å². The molecule has 1 aromatic carbocycles. The Labute approximate surface area is 128 Å². The van der Waals surface area contributed by atoms with Crippen LogP contribution in [0.1, 0.15) is 44.6 Å². The summed E-state index contributed by atoms with van der Waals surface area (Å²) in [4.78, 5) is 10.6. The highest BCUT2D eigenvalue weighted by Gasteiger charge is 2.21. The Morgan fingerprint density at radius 1 is 1.35 bits per heavy atom. The molecule has 0 aromatic heterocycles. The van der Waals surface area contributed by atoms with Gasteiger partial charge in [-0.2, -0.15) is 0 Å². The first kappa shape index (κ1) is 15.3. The molecule has 110 valence electrons. The number of aryl methyl sites for hydroxylation is 1. The van der Waals surface area contributed by atoms with Crippen LogP contribution in [-0.2, 0) is 0 Å². The molecule has 0 saturated heterocycles. The van der Waals surface area contributed by atoms with E-state index in [9.17, 15) is 10.1 Å². The lowest BCUT2D eigenvalue weighted by atomic mass is 9.84. The average molecular weight is 341 g/mol. The van der Waals surface area contributed by atoms with Crippen molar-refractivity contribution in [2.24, 2.45) is 5.92 Å². The van der Waals surface area contributed by atoms with Crippen molar-refractivity contribution in [3.8, 4) is 0 Å². The van der Waals surface area contributed by atoms with Crippen molar-refractivity contribution < 1.29 is 4.92 Å². The highest BCUT2D eigenvalue weighted by molar-refractivity contribution is 9.10. The predicted octanol–water partition coefficient (Wildman–Crippen LogP) is 5.05. The van der Waals surface area contributed by atoms with Crippen LogP contribution < -0.4 is 5.32 Å². The van der Waals surface area contributed by atoms with Crippen LogP contribution in [0.3, 0.4) is 0 Å². The lowest BCUT2D eigenvalue weighted by Crippen LogP contribution is -2.27. The smallest absolute Gasteiger partial charge is 0.273 e. The predicted molar refractivity (Wildman–Crippen MR) is 85.2 cm³/mol. The second kappa shape index (κ2) is 6.57. The quantitative estimate of drug-likeness (QED) is 0.616. The van der Waals surface area contributed by atoms with E-state index < -0.39 is 0 Å². The molecule has 0 aliphatic heterocycles. The third kappa shape index (κ3) is 3.51. The van der Waals surface area contributed by atoms with Crippen molar-refractivity contribution in [2.45, 2.75) is 52.0 Å². The van der Waals surface area contributed by atoms with E-state index in [2.05, 4.69) is 28.2 Å². The van der Waals surface area contributed by atoms with E-state index in [1.54, 1.807) is 13.0 Å². The van der Waals surface area contributed by atoms with E-state index in [1.807, 2.05) is 6.07 Å². The molecule has 0 bridgehead atoms. The fourth-order valence-corrected chi connectivity index (χ4v) is 3.42. The topological polar surface area (TPSA) is 55.2 Å². The Morgan fingerprint density at radius 2 is 2.00 bits per heavy atom. The van der Waals surface area contributed by atoms with E-state index in [0.717, 1.165) is 10.2 Å². The Kier molecular flexibility index (Phi) is 5.02. The molecule has 1 aliphatic rings. The van der Waals surface area contributed by atoms with Crippen molar-refractivity contribution in [1.29, 1.82) is 0 Å². The molecule has 0 radical (unpaired) electrons. The van der Waals surface area contributed by atoms with Crippen LogP contribution in [0.4, 0.5) is 11.4 Å². The maximum atomic E-state index is 10.9. The van der Waals surface area contributed by atoms with Gasteiger partial charge in [-0.3, -0.25) is 10.1 Å². The van der Waals surface area contributed by atoms with Gasteiger partial charge in [0.15, 0.2) is 0 Å². The van der Waals surface area contributed by atoms with Crippen LogP contribution in [0.2, 0.25) is 0 Å². The van der Waals surface area contributed by atoms with Gasteiger partial charge in [0, 0.05) is 27.8 Å². The van der Waals surface area contributed by atoms with Crippen LogP contribution >= 0.6 is 15.9 Å². The van der Waals surface area contributed by atoms with Gasteiger partial charge < -0.3 is 5.32 Å². The molecule has 5 heteroatoms. The number of benzene rings is 1. The number of nitrogens with zero attached hydrogens (tertiary/aromatic N) is 1. The number of nitro groups is 1. The summed E-state index contributed by atoms with van der Waals surface area (Å²) in [6, 6.07) is 3.85. The summed E-state index contributed by atoms with van der Waals surface area (Å²) >= 11 is 3.44. The summed E-state index contributed by atoms with van der Waals surface area (Å²) in [5.41, 5.74) is 1.80. The monoisotopic (exact) mass is 340 g/mol. The van der Waals surface area contributed by atoms with Crippen LogP contribution in [0, 0.1) is 23.0 Å². The van der Waals surface area contributed by atoms with Crippen LogP contribution in [0.5, 0.6) is 0 Å². The number of hydrogen-bond donors (Lipinski definition) is 1. The van der Waals surface area contributed by atoms with E-state index in [0.29, 0.717) is 17.5 Å². The number of anilines is 1. The van der Waals surface area contributed by atoms with Crippen molar-refractivity contribution in [2.75, 3.05) is 5.32 Å². The molecule has 1 atom stereocenters. The van der Waals surface area contributed by atoms with Gasteiger partial charge >= 0.3 is 0 Å². The molecule has 4 nitrogen and oxygen atoms in total. The lowest BCUT2D eigenvalue weighted by Gasteiger charge is -2.29. The van der Waals surface area contributed by atoms with E-state index in [1.165, 1.54) is 32.1 Å². The van der Waals surface area contributed by atoms with Gasteiger partial charge in [-0.15, -0.1) is 0 Å². The van der Waals surface area contributed by atoms with E-state index >= 15 is 0 Å². The first-order chi connectivity index (χ1) is 9.49. The third-order valence-electron chi connectivity index (χ3n) is 4.22. The Morgan fingerprint density at radius 3 is 2.60 bits per heavy atom. The zero-order valence-electron chi connectivity index (χ0n) is 12.0. The Bertz CT molecular complexity index is 499. The van der Waals surface area contributed by atoms with Gasteiger partial charge in [-0.05, 0) is 54.6 Å². The van der Waals surface area contributed by atoms with Crippen molar-refractivity contribution in [3.05, 3.63) is 32.3 Å². The molecule has 0 heterocycles. The maximum absolute atomic E-state index is 10.9. The minimum atomic E-state index is -0.339. The van der Waals surface area contributed by atoms with E-state index in [-0.39, 0.29) is 10.6 Å². The number of nitro benzene ring substituents is 1. The number of nitrogens with one attached hydrogen (secondary N) is 1. The molecule has 20 heavy (non-hydrogen) atoms. The van der Waals surface area contributed by atoms with Crippen molar-refractivity contribution in [1.82, 2.24) is 0 Å². The van der Waals surface area contributed by atoms with Crippen molar-refractivity contribution >= 4 is 27.3 Å². The molecule has 0 amide bonds. The Balaban J connectivity index is 2.12. The van der Waals surface area contributed by atoms with Gasteiger partial charge in [-0.25, -0.2) is 0 Å². The minimum Gasteiger partial charge on any atom is -0.381 e. The molecular weight excluding hydrogens is 320 g/mol. The fraction of sp³-hybridized carbons (Fsp3) is 0.600. The molecule has 1 fully saturated rings. The van der Waals surface area contributed by atoms with Gasteiger partial charge in [0.2, 0.25) is 0 Å². The number of hydrogen-bond acceptors (Lipinski definition) is 3. The van der Waals surface area contributed by atoms with Gasteiger partial charge in [0.05, 0.1) is 4.92 Å². The summed E-state index contributed by atoms with van der Waals surface area (Å²) in [5.74, 6) is 0.700. The van der Waals surface area contributed by atoms with Gasteiger partial charge in [0.25, 0.3) is 5.69 Å². The summed E-state index contributed by atoms with van der Waals surface area (Å²) in [6.07, 6.45) is 6.54. The molecule has 1 saturated carbocycles. The standard InChI is InChI=1S/C15H21BrN2O2/c1-10-8-14(13(16)9-15(10)18(19)20)17-11(2)12-6-4-3-5-7-12/h8-9,11-12,17H,3-7H2,1-2H3. The highest BCUT2D eigenvalue weighted by atomic mass is 79.9. The molecule has 1 N–H and O–H groups in total. The lowest BCUT2D eigenvalue weighted by molar-refractivity contribution is -0.385. The maximum Gasteiger partial charge on any atom is 0.273 e. The largest absolute Gasteiger partial charge is 0.381 e. The molecule has 2 rings (SSSR count). The summed E-state index contributed by atoms with van der Waals surface area (Å²) in [6.45, 7) is 3.99. The van der Waals surface area contributed by atoms with Crippen LogP contribution in [0.15, 0.2) is 16.6 Å². The normalized spacial score (nSPS) is 17.8. The zero-order chi connectivity index (χ0) is 14.7. The second-order valence-corrected chi connectivity index (χ2v) is 6.56.